The fourth-order valence-corrected chi connectivity index (χ4v) is 1.59. The number of carboxylic acids is 1. The van der Waals surface area contributed by atoms with Gasteiger partial charge in [0, 0.05) is 6.42 Å². The number of hydrogen-bond donors (Lipinski definition) is 5. The van der Waals surface area contributed by atoms with E-state index in [2.05, 4.69) is 6.92 Å². The Kier molecular flexibility index (Phi) is 16.2. The molecule has 0 rings (SSSR count). The SMILES string of the molecule is CCCCCCCCCCCC(=O)O.[OH][Ti]([OH])([OH])[OH]. The van der Waals surface area contributed by atoms with E-state index >= 15 is 0 Å². The van der Waals surface area contributed by atoms with E-state index < -0.39 is 24.1 Å². The molecule has 0 spiro atoms. The van der Waals surface area contributed by atoms with Crippen molar-refractivity contribution in [1.29, 1.82) is 0 Å². The second kappa shape index (κ2) is 14.4. The summed E-state index contributed by atoms with van der Waals surface area (Å²) in [5.74, 6) is -0.659. The van der Waals surface area contributed by atoms with Gasteiger partial charge in [-0.15, -0.1) is 0 Å². The number of unbranched alkanes of at least 4 members (excludes halogenated alkanes) is 8. The standard InChI is InChI=1S/C12H24O2.4H2O.Ti/c1-2-3-4-5-6-7-8-9-10-11-12(13)14;;;;;/h2-11H2,1H3,(H,13,14);4*1H2;/q;;;;;+4/p-4. The molecule has 0 unspecified atom stereocenters. The summed E-state index contributed by atoms with van der Waals surface area (Å²) in [4.78, 5) is 10.2. The number of carbonyl (C=O) groups is 1. The van der Waals surface area contributed by atoms with Gasteiger partial charge in [-0.3, -0.25) is 4.79 Å². The molecule has 116 valence electrons. The minimum atomic E-state index is -5.00. The summed E-state index contributed by atoms with van der Waals surface area (Å²) in [6, 6.07) is 0. The molecule has 0 aromatic heterocycles. The van der Waals surface area contributed by atoms with Gasteiger partial charge in [0.25, 0.3) is 0 Å². The zero-order valence-corrected chi connectivity index (χ0v) is 13.3. The van der Waals surface area contributed by atoms with Crippen molar-refractivity contribution in [2.45, 2.75) is 71.1 Å². The van der Waals surface area contributed by atoms with Crippen LogP contribution in [0.5, 0.6) is 0 Å². The number of hydrogen-bond acceptors (Lipinski definition) is 5. The van der Waals surface area contributed by atoms with Crippen LogP contribution in [0.2, 0.25) is 0 Å². The minimum absolute atomic E-state index is 0.343. The second-order valence-electron chi connectivity index (χ2n) is 4.57. The summed E-state index contributed by atoms with van der Waals surface area (Å²) in [6.45, 7) is 2.23. The zero-order chi connectivity index (χ0) is 15.1. The molecule has 0 aliphatic carbocycles. The van der Waals surface area contributed by atoms with Crippen LogP contribution < -0.4 is 0 Å². The predicted octanol–water partition coefficient (Wildman–Crippen LogP) is 1.76. The number of rotatable bonds is 10. The van der Waals surface area contributed by atoms with Gasteiger partial charge in [-0.05, 0) is 6.42 Å². The molecule has 0 amide bonds. The van der Waals surface area contributed by atoms with Crippen LogP contribution in [0.3, 0.4) is 0 Å². The second-order valence-corrected chi connectivity index (χ2v) is 6.45. The Bertz CT molecular complexity index is 199. The summed E-state index contributed by atoms with van der Waals surface area (Å²) < 4.78 is 29.5. The molecule has 0 aliphatic rings. The van der Waals surface area contributed by atoms with Gasteiger partial charge in [0.05, 0.1) is 0 Å². The van der Waals surface area contributed by atoms with Crippen LogP contribution in [0, 0.1) is 0 Å². The molecule has 0 radical (unpaired) electrons. The molecule has 0 aliphatic heterocycles. The molecule has 5 N–H and O–H groups in total. The van der Waals surface area contributed by atoms with E-state index in [4.69, 9.17) is 19.9 Å². The van der Waals surface area contributed by atoms with Crippen LogP contribution in [-0.2, 0) is 22.9 Å². The van der Waals surface area contributed by atoms with Crippen molar-refractivity contribution < 1.29 is 42.8 Å². The summed E-state index contributed by atoms with van der Waals surface area (Å²) in [6.07, 6.45) is 11.5. The monoisotopic (exact) mass is 316 g/mol. The van der Waals surface area contributed by atoms with E-state index in [-0.39, 0.29) is 0 Å². The van der Waals surface area contributed by atoms with Gasteiger partial charge in [-0.1, -0.05) is 58.3 Å². The summed E-state index contributed by atoms with van der Waals surface area (Å²) in [5, 5.41) is 8.41. The fraction of sp³-hybridized carbons (Fsp3) is 0.917. The van der Waals surface area contributed by atoms with E-state index in [0.717, 1.165) is 12.8 Å². The summed E-state index contributed by atoms with van der Waals surface area (Å²) in [7, 11) is 0. The molecule has 7 heteroatoms. The molecule has 0 saturated carbocycles. The van der Waals surface area contributed by atoms with E-state index in [1.165, 1.54) is 44.9 Å². The van der Waals surface area contributed by atoms with Crippen molar-refractivity contribution in [1.82, 2.24) is 0 Å². The van der Waals surface area contributed by atoms with Crippen molar-refractivity contribution in [2.75, 3.05) is 0 Å². The summed E-state index contributed by atoms with van der Waals surface area (Å²) >= 11 is -5.00. The van der Waals surface area contributed by atoms with Crippen LogP contribution in [0.15, 0.2) is 0 Å². The molecule has 0 aromatic rings. The predicted molar refractivity (Wildman–Crippen MR) is 68.4 cm³/mol. The van der Waals surface area contributed by atoms with Crippen LogP contribution in [0.1, 0.15) is 71.1 Å². The first-order valence-electron chi connectivity index (χ1n) is 6.88. The van der Waals surface area contributed by atoms with Gasteiger partial charge >= 0.3 is 38.9 Å². The molecule has 6 nitrogen and oxygen atoms in total. The molecule has 0 heterocycles. The molecular formula is C12H28O6Ti. The fourth-order valence-electron chi connectivity index (χ4n) is 1.59. The third-order valence-electron chi connectivity index (χ3n) is 2.49. The molecule has 0 aromatic carbocycles. The van der Waals surface area contributed by atoms with Crippen molar-refractivity contribution in [3.8, 4) is 0 Å². The van der Waals surface area contributed by atoms with E-state index in [1.54, 1.807) is 0 Å². The molecule has 0 atom stereocenters. The first kappa shape index (κ1) is 21.3. The summed E-state index contributed by atoms with van der Waals surface area (Å²) in [5.41, 5.74) is 0. The van der Waals surface area contributed by atoms with Crippen LogP contribution in [0.4, 0.5) is 0 Å². The average Bonchev–Trinajstić information content (AvgIpc) is 2.24. The van der Waals surface area contributed by atoms with Crippen LogP contribution in [0.25, 0.3) is 0 Å². The Morgan fingerprint density at radius 1 is 0.789 bits per heavy atom. The van der Waals surface area contributed by atoms with Gasteiger partial charge in [0.2, 0.25) is 0 Å². The van der Waals surface area contributed by atoms with Crippen molar-refractivity contribution in [3.05, 3.63) is 0 Å². The first-order chi connectivity index (χ1) is 8.77. The van der Waals surface area contributed by atoms with E-state index in [9.17, 15) is 4.79 Å². The molecule has 0 saturated heterocycles. The van der Waals surface area contributed by atoms with Gasteiger partial charge < -0.3 is 5.11 Å². The van der Waals surface area contributed by atoms with Crippen LogP contribution >= 0.6 is 0 Å². The van der Waals surface area contributed by atoms with Crippen molar-refractivity contribution in [2.24, 2.45) is 0 Å². The Hall–Kier alpha value is 0.0243. The third kappa shape index (κ3) is 38.1. The zero-order valence-electron chi connectivity index (χ0n) is 11.7. The number of aliphatic carboxylic acids is 1. The Morgan fingerprint density at radius 3 is 1.42 bits per heavy atom. The number of carboxylic acid groups (broad SMARTS) is 1. The Labute approximate surface area is 120 Å². The van der Waals surface area contributed by atoms with E-state index in [0.29, 0.717) is 6.42 Å². The van der Waals surface area contributed by atoms with Crippen molar-refractivity contribution in [3.63, 3.8) is 0 Å². The average molecular weight is 316 g/mol. The van der Waals surface area contributed by atoms with Gasteiger partial charge in [-0.25, -0.2) is 0 Å². The molecular weight excluding hydrogens is 288 g/mol. The molecule has 0 fully saturated rings. The Morgan fingerprint density at radius 2 is 1.11 bits per heavy atom. The van der Waals surface area contributed by atoms with Gasteiger partial charge in [-0.2, -0.15) is 0 Å². The molecule has 0 bridgehead atoms. The first-order valence-corrected chi connectivity index (χ1v) is 9.68. The molecule has 19 heavy (non-hydrogen) atoms. The van der Waals surface area contributed by atoms with Crippen LogP contribution in [-0.4, -0.2) is 25.8 Å². The maximum atomic E-state index is 10.2. The van der Waals surface area contributed by atoms with Gasteiger partial charge in [0.15, 0.2) is 0 Å². The van der Waals surface area contributed by atoms with Crippen molar-refractivity contribution >= 4 is 5.97 Å². The maximum absolute atomic E-state index is 10.2. The third-order valence-corrected chi connectivity index (χ3v) is 2.49. The topological polar surface area (TPSA) is 118 Å². The normalized spacial score (nSPS) is 10.8. The van der Waals surface area contributed by atoms with E-state index in [1.807, 2.05) is 0 Å². The quantitative estimate of drug-likeness (QED) is 0.309. The Balaban J connectivity index is 0. The van der Waals surface area contributed by atoms with Gasteiger partial charge in [0.1, 0.15) is 0 Å².